The molecule has 0 saturated heterocycles. The van der Waals surface area contributed by atoms with Crippen molar-refractivity contribution in [3.63, 3.8) is 0 Å². The van der Waals surface area contributed by atoms with Gasteiger partial charge in [-0.05, 0) is 0 Å². The van der Waals surface area contributed by atoms with Gasteiger partial charge >= 0.3 is 100 Å². The van der Waals surface area contributed by atoms with Crippen LogP contribution in [-0.2, 0) is 17.1 Å². The molecule has 0 aliphatic rings. The molecule has 1 N–H and O–H groups in total. The van der Waals surface area contributed by atoms with Crippen molar-refractivity contribution in [2.75, 3.05) is 0 Å². The first-order chi connectivity index (χ1) is 6.99. The molecule has 0 spiro atoms. The molecule has 1 rings (SSSR count). The summed E-state index contributed by atoms with van der Waals surface area (Å²) in [5.74, 6) is 0. The van der Waals surface area contributed by atoms with Crippen molar-refractivity contribution in [1.29, 1.82) is 0 Å². The fourth-order valence-corrected chi connectivity index (χ4v) is 3.23. The van der Waals surface area contributed by atoms with Crippen LogP contribution >= 0.6 is 0 Å². The molecular formula is C13H19NRu. The van der Waals surface area contributed by atoms with E-state index in [1.807, 2.05) is 0 Å². The minimum atomic E-state index is 0.198. The summed E-state index contributed by atoms with van der Waals surface area (Å²) in [6.45, 7) is 10.7. The van der Waals surface area contributed by atoms with E-state index in [4.69, 9.17) is 0 Å². The Morgan fingerprint density at radius 2 is 1.93 bits per heavy atom. The molecule has 0 fully saturated rings. The van der Waals surface area contributed by atoms with Gasteiger partial charge in [0.2, 0.25) is 0 Å². The quantitative estimate of drug-likeness (QED) is 0.650. The molecule has 0 bridgehead atoms. The van der Waals surface area contributed by atoms with Gasteiger partial charge in [0.25, 0.3) is 0 Å². The van der Waals surface area contributed by atoms with Crippen LogP contribution < -0.4 is 4.16 Å². The van der Waals surface area contributed by atoms with Gasteiger partial charge in [-0.15, -0.1) is 0 Å². The van der Waals surface area contributed by atoms with Gasteiger partial charge < -0.3 is 0 Å². The molecule has 0 saturated carbocycles. The zero-order valence-corrected chi connectivity index (χ0v) is 11.8. The molecule has 0 aromatic carbocycles. The number of allylic oxidation sites excluding steroid dienone is 3. The van der Waals surface area contributed by atoms with Gasteiger partial charge in [0.1, 0.15) is 0 Å². The number of aryl methyl sites for hydroxylation is 2. The van der Waals surface area contributed by atoms with E-state index in [1.54, 1.807) is 0 Å². The molecule has 1 nitrogen and oxygen atoms in total. The van der Waals surface area contributed by atoms with Crippen LogP contribution in [0, 0.1) is 13.8 Å². The summed E-state index contributed by atoms with van der Waals surface area (Å²) in [4.78, 5) is 3.35. The van der Waals surface area contributed by atoms with Crippen LogP contribution in [0.5, 0.6) is 0 Å². The number of rotatable bonds is 3. The number of aromatic nitrogens is 1. The predicted molar refractivity (Wildman–Crippen MR) is 63.1 cm³/mol. The maximum absolute atomic E-state index is 3.35. The SMILES string of the molecule is CC(C)=CC(C)=[CH][Ru][c]1cc(C)[nH]c1C. The van der Waals surface area contributed by atoms with E-state index in [2.05, 4.69) is 56.4 Å². The molecule has 2 heteroatoms. The van der Waals surface area contributed by atoms with Gasteiger partial charge in [0.15, 0.2) is 0 Å². The van der Waals surface area contributed by atoms with Crippen LogP contribution in [0.25, 0.3) is 0 Å². The van der Waals surface area contributed by atoms with Crippen LogP contribution in [0.2, 0.25) is 0 Å². The topological polar surface area (TPSA) is 15.8 Å². The van der Waals surface area contributed by atoms with E-state index < -0.39 is 0 Å². The third kappa shape index (κ3) is 4.17. The first kappa shape index (κ1) is 12.5. The second-order valence-electron chi connectivity index (χ2n) is 4.08. The Balaban J connectivity index is 2.72. The van der Waals surface area contributed by atoms with E-state index in [0.717, 1.165) is 0 Å². The molecule has 15 heavy (non-hydrogen) atoms. The Morgan fingerprint density at radius 3 is 2.40 bits per heavy atom. The summed E-state index contributed by atoms with van der Waals surface area (Å²) >= 11 is 0.198. The molecule has 0 amide bonds. The van der Waals surface area contributed by atoms with Crippen molar-refractivity contribution >= 4 is 4.16 Å². The summed E-state index contributed by atoms with van der Waals surface area (Å²) in [6, 6.07) is 2.26. The van der Waals surface area contributed by atoms with Gasteiger partial charge in [-0.2, -0.15) is 0 Å². The van der Waals surface area contributed by atoms with Crippen molar-refractivity contribution in [3.05, 3.63) is 39.3 Å². The molecule has 1 heterocycles. The monoisotopic (exact) mass is 291 g/mol. The molecule has 0 unspecified atom stereocenters. The predicted octanol–water partition coefficient (Wildman–Crippen LogP) is 3.21. The average molecular weight is 290 g/mol. The summed E-state index contributed by atoms with van der Waals surface area (Å²) in [5, 5.41) is 0. The third-order valence-corrected chi connectivity index (χ3v) is 4.40. The van der Waals surface area contributed by atoms with Gasteiger partial charge in [-0.25, -0.2) is 0 Å². The first-order valence-electron chi connectivity index (χ1n) is 5.07. The molecule has 0 radical (unpaired) electrons. The van der Waals surface area contributed by atoms with Gasteiger partial charge in [0, 0.05) is 0 Å². The minimum absolute atomic E-state index is 0.198. The summed E-state index contributed by atoms with van der Waals surface area (Å²) in [6.07, 6.45) is 2.24. The van der Waals surface area contributed by atoms with E-state index in [1.165, 1.54) is 26.7 Å². The number of H-pyrrole nitrogens is 1. The van der Waals surface area contributed by atoms with E-state index >= 15 is 0 Å². The third-order valence-electron chi connectivity index (χ3n) is 1.91. The Kier molecular flexibility index (Phi) is 4.53. The van der Waals surface area contributed by atoms with Crippen LogP contribution in [0.1, 0.15) is 32.2 Å². The van der Waals surface area contributed by atoms with Gasteiger partial charge in [-0.1, -0.05) is 0 Å². The number of hydrogen-bond acceptors (Lipinski definition) is 0. The molecule has 1 aromatic heterocycles. The summed E-state index contributed by atoms with van der Waals surface area (Å²) in [7, 11) is 0. The first-order valence-corrected chi connectivity index (χ1v) is 6.95. The Morgan fingerprint density at radius 1 is 1.27 bits per heavy atom. The molecule has 0 atom stereocenters. The van der Waals surface area contributed by atoms with E-state index in [9.17, 15) is 0 Å². The number of aromatic amines is 1. The van der Waals surface area contributed by atoms with Crippen molar-refractivity contribution in [3.8, 4) is 0 Å². The second kappa shape index (κ2) is 5.46. The molecule has 0 aliphatic heterocycles. The van der Waals surface area contributed by atoms with Crippen LogP contribution in [0.3, 0.4) is 0 Å². The van der Waals surface area contributed by atoms with Gasteiger partial charge in [0.05, 0.1) is 0 Å². The van der Waals surface area contributed by atoms with Crippen molar-refractivity contribution in [2.24, 2.45) is 0 Å². The van der Waals surface area contributed by atoms with Gasteiger partial charge in [-0.3, -0.25) is 0 Å². The van der Waals surface area contributed by atoms with E-state index in [-0.39, 0.29) is 17.1 Å². The van der Waals surface area contributed by atoms with Crippen molar-refractivity contribution < 1.29 is 17.1 Å². The van der Waals surface area contributed by atoms with Crippen LogP contribution in [0.4, 0.5) is 0 Å². The molecule has 84 valence electrons. The summed E-state index contributed by atoms with van der Waals surface area (Å²) in [5.41, 5.74) is 5.34. The summed E-state index contributed by atoms with van der Waals surface area (Å²) < 4.78 is 3.86. The number of hydrogen-bond donors (Lipinski definition) is 1. The molecular weight excluding hydrogens is 271 g/mol. The van der Waals surface area contributed by atoms with Crippen molar-refractivity contribution in [2.45, 2.75) is 34.6 Å². The fraction of sp³-hybridized carbons (Fsp3) is 0.385. The normalized spacial score (nSPS) is 11.9. The molecule has 0 aliphatic carbocycles. The van der Waals surface area contributed by atoms with E-state index in [0.29, 0.717) is 0 Å². The van der Waals surface area contributed by atoms with Crippen LogP contribution in [0.15, 0.2) is 28.0 Å². The average Bonchev–Trinajstić information content (AvgIpc) is 2.40. The fourth-order valence-electron chi connectivity index (χ4n) is 1.41. The van der Waals surface area contributed by atoms with Crippen LogP contribution in [-0.4, -0.2) is 4.98 Å². The maximum atomic E-state index is 3.35. The number of nitrogens with one attached hydrogen (secondary N) is 1. The Hall–Kier alpha value is -0.617. The zero-order valence-electron chi connectivity index (χ0n) is 10.1. The zero-order chi connectivity index (χ0) is 11.4. The second-order valence-corrected chi connectivity index (χ2v) is 6.02. The Labute approximate surface area is 100 Å². The van der Waals surface area contributed by atoms with Crippen molar-refractivity contribution in [1.82, 2.24) is 4.98 Å². The Bertz CT molecular complexity index is 393. The standard InChI is InChI=1S/C7H11.C6H8N.Ru/c1-6(2)5-7(3)4;1-5-3-4-6(2)7-5;/h1,5H,2-4H3;3,7H,1-2H3;. The molecule has 1 aromatic rings.